The van der Waals surface area contributed by atoms with Gasteiger partial charge in [-0.2, -0.15) is 0 Å². The van der Waals surface area contributed by atoms with Crippen molar-refractivity contribution >= 4 is 23.7 Å². The summed E-state index contributed by atoms with van der Waals surface area (Å²) in [6.07, 6.45) is 0.888. The first kappa shape index (κ1) is 13.8. The van der Waals surface area contributed by atoms with E-state index in [1.54, 1.807) is 38.1 Å². The van der Waals surface area contributed by atoms with Gasteiger partial charge >= 0.3 is 11.9 Å². The van der Waals surface area contributed by atoms with Crippen LogP contribution in [0.3, 0.4) is 0 Å². The Kier molecular flexibility index (Phi) is 4.48. The van der Waals surface area contributed by atoms with Crippen molar-refractivity contribution in [2.75, 3.05) is 5.73 Å². The van der Waals surface area contributed by atoms with E-state index in [1.807, 2.05) is 0 Å². The Labute approximate surface area is 105 Å². The minimum Gasteiger partial charge on any atom is -0.477 e. The highest BCUT2D eigenvalue weighted by Crippen LogP contribution is 2.12. The van der Waals surface area contributed by atoms with Gasteiger partial charge in [0.05, 0.1) is 6.10 Å². The number of hydrogen-bond acceptors (Lipinski definition) is 4. The molecule has 0 aliphatic rings. The molecule has 5 heteroatoms. The summed E-state index contributed by atoms with van der Waals surface area (Å²) in [7, 11) is 0. The normalized spacial score (nSPS) is 11.4. The Bertz CT molecular complexity index is 474. The lowest BCUT2D eigenvalue weighted by molar-refractivity contribution is -0.146. The van der Waals surface area contributed by atoms with Crippen LogP contribution in [-0.2, 0) is 14.3 Å². The molecule has 0 fully saturated rings. The molecule has 5 nitrogen and oxygen atoms in total. The number of esters is 1. The number of nitrogen functional groups attached to an aromatic ring is 1. The van der Waals surface area contributed by atoms with Gasteiger partial charge in [0, 0.05) is 5.69 Å². The predicted molar refractivity (Wildman–Crippen MR) is 67.7 cm³/mol. The molecular weight excluding hydrogens is 234 g/mol. The van der Waals surface area contributed by atoms with E-state index in [0.29, 0.717) is 11.3 Å². The Morgan fingerprint density at radius 2 is 1.83 bits per heavy atom. The van der Waals surface area contributed by atoms with Crippen LogP contribution in [0.15, 0.2) is 29.8 Å². The third-order valence-corrected chi connectivity index (χ3v) is 2.04. The fourth-order valence-corrected chi connectivity index (χ4v) is 1.24. The van der Waals surface area contributed by atoms with Crippen molar-refractivity contribution < 1.29 is 19.4 Å². The molecule has 0 spiro atoms. The molecule has 18 heavy (non-hydrogen) atoms. The van der Waals surface area contributed by atoms with Crippen LogP contribution in [0.25, 0.3) is 6.08 Å². The number of ether oxygens (including phenoxy) is 1. The molecule has 1 aromatic rings. The van der Waals surface area contributed by atoms with Crippen LogP contribution in [0.5, 0.6) is 0 Å². The molecule has 0 aliphatic carbocycles. The zero-order chi connectivity index (χ0) is 13.7. The molecule has 0 unspecified atom stereocenters. The van der Waals surface area contributed by atoms with E-state index in [0.717, 1.165) is 0 Å². The van der Waals surface area contributed by atoms with Crippen molar-refractivity contribution in [1.82, 2.24) is 0 Å². The second-order valence-corrected chi connectivity index (χ2v) is 3.98. The Balaban J connectivity index is 3.01. The minimum absolute atomic E-state index is 0.369. The largest absolute Gasteiger partial charge is 0.477 e. The van der Waals surface area contributed by atoms with Gasteiger partial charge in [-0.3, -0.25) is 0 Å². The lowest BCUT2D eigenvalue weighted by Gasteiger charge is -2.08. The van der Waals surface area contributed by atoms with Crippen molar-refractivity contribution in [2.45, 2.75) is 20.0 Å². The van der Waals surface area contributed by atoms with Crippen molar-refractivity contribution in [3.05, 3.63) is 35.4 Å². The number of carbonyl (C=O) groups is 2. The molecule has 0 bridgehead atoms. The standard InChI is InChI=1S/C13H15NO4/c1-8(2)18-13(17)11(12(15)16)7-9-3-5-10(14)6-4-9/h3-8H,14H2,1-2H3,(H,15,16). The molecule has 0 amide bonds. The number of carbonyl (C=O) groups excluding carboxylic acids is 1. The fourth-order valence-electron chi connectivity index (χ4n) is 1.24. The number of carboxylic acid groups (broad SMARTS) is 1. The van der Waals surface area contributed by atoms with Gasteiger partial charge < -0.3 is 15.6 Å². The zero-order valence-corrected chi connectivity index (χ0v) is 10.2. The lowest BCUT2D eigenvalue weighted by Crippen LogP contribution is -2.18. The number of nitrogens with two attached hydrogens (primary N) is 1. The number of hydrogen-bond donors (Lipinski definition) is 2. The quantitative estimate of drug-likeness (QED) is 0.278. The summed E-state index contributed by atoms with van der Waals surface area (Å²) in [5.74, 6) is -2.17. The molecule has 0 aromatic heterocycles. The Morgan fingerprint density at radius 1 is 1.28 bits per heavy atom. The number of carboxylic acids is 1. The molecule has 0 saturated heterocycles. The van der Waals surface area contributed by atoms with Crippen molar-refractivity contribution in [3.8, 4) is 0 Å². The first-order chi connectivity index (χ1) is 8.40. The molecular formula is C13H15NO4. The third-order valence-electron chi connectivity index (χ3n) is 2.04. The minimum atomic E-state index is -1.32. The number of rotatable bonds is 4. The van der Waals surface area contributed by atoms with Crippen molar-refractivity contribution in [3.63, 3.8) is 0 Å². The molecule has 96 valence electrons. The van der Waals surface area contributed by atoms with Gasteiger partial charge in [-0.15, -0.1) is 0 Å². The average Bonchev–Trinajstić information content (AvgIpc) is 2.26. The van der Waals surface area contributed by atoms with Crippen molar-refractivity contribution in [2.24, 2.45) is 0 Å². The van der Waals surface area contributed by atoms with E-state index in [-0.39, 0.29) is 6.10 Å². The molecule has 0 aliphatic heterocycles. The maximum absolute atomic E-state index is 11.6. The number of benzene rings is 1. The molecule has 3 N–H and O–H groups in total. The highest BCUT2D eigenvalue weighted by Gasteiger charge is 2.19. The predicted octanol–water partition coefficient (Wildman–Crippen LogP) is 1.69. The molecule has 0 heterocycles. The molecule has 0 atom stereocenters. The molecule has 1 rings (SSSR count). The average molecular weight is 249 g/mol. The van der Waals surface area contributed by atoms with E-state index in [2.05, 4.69) is 0 Å². The third kappa shape index (κ3) is 3.93. The highest BCUT2D eigenvalue weighted by atomic mass is 16.5. The van der Waals surface area contributed by atoms with Crippen LogP contribution in [0.4, 0.5) is 5.69 Å². The summed E-state index contributed by atoms with van der Waals surface area (Å²) < 4.78 is 4.86. The molecule has 0 saturated carbocycles. The first-order valence-corrected chi connectivity index (χ1v) is 5.41. The Hall–Kier alpha value is -2.30. The van der Waals surface area contributed by atoms with Crippen LogP contribution in [-0.4, -0.2) is 23.1 Å². The first-order valence-electron chi connectivity index (χ1n) is 5.41. The van der Waals surface area contributed by atoms with Crippen LogP contribution >= 0.6 is 0 Å². The molecule has 1 aromatic carbocycles. The van der Waals surface area contributed by atoms with E-state index in [4.69, 9.17) is 15.6 Å². The SMILES string of the molecule is CC(C)OC(=O)C(=Cc1ccc(N)cc1)C(=O)O. The van der Waals surface area contributed by atoms with E-state index in [1.165, 1.54) is 6.08 Å². The van der Waals surface area contributed by atoms with Crippen LogP contribution < -0.4 is 5.73 Å². The second kappa shape index (κ2) is 5.86. The molecule has 0 radical (unpaired) electrons. The van der Waals surface area contributed by atoms with Gasteiger partial charge in [-0.25, -0.2) is 9.59 Å². The van der Waals surface area contributed by atoms with Crippen LogP contribution in [0, 0.1) is 0 Å². The summed E-state index contributed by atoms with van der Waals surface area (Å²) in [4.78, 5) is 22.6. The lowest BCUT2D eigenvalue weighted by atomic mass is 10.1. The summed E-state index contributed by atoms with van der Waals surface area (Å²) in [6.45, 7) is 3.31. The van der Waals surface area contributed by atoms with Gasteiger partial charge in [0.25, 0.3) is 0 Å². The van der Waals surface area contributed by atoms with E-state index >= 15 is 0 Å². The maximum Gasteiger partial charge on any atom is 0.345 e. The summed E-state index contributed by atoms with van der Waals surface area (Å²) >= 11 is 0. The van der Waals surface area contributed by atoms with Gasteiger partial charge in [-0.05, 0) is 37.6 Å². The highest BCUT2D eigenvalue weighted by molar-refractivity contribution is 6.17. The number of aliphatic carboxylic acids is 1. The van der Waals surface area contributed by atoms with E-state index in [9.17, 15) is 9.59 Å². The van der Waals surface area contributed by atoms with E-state index < -0.39 is 17.5 Å². The maximum atomic E-state index is 11.6. The van der Waals surface area contributed by atoms with Gasteiger partial charge in [0.2, 0.25) is 0 Å². The number of anilines is 1. The zero-order valence-electron chi connectivity index (χ0n) is 10.2. The van der Waals surface area contributed by atoms with Crippen LogP contribution in [0.2, 0.25) is 0 Å². The van der Waals surface area contributed by atoms with Gasteiger partial charge in [0.1, 0.15) is 5.57 Å². The van der Waals surface area contributed by atoms with Crippen LogP contribution in [0.1, 0.15) is 19.4 Å². The van der Waals surface area contributed by atoms with Gasteiger partial charge in [0.15, 0.2) is 0 Å². The topological polar surface area (TPSA) is 89.6 Å². The summed E-state index contributed by atoms with van der Waals surface area (Å²) in [5.41, 5.74) is 6.24. The van der Waals surface area contributed by atoms with Gasteiger partial charge in [-0.1, -0.05) is 12.1 Å². The smallest absolute Gasteiger partial charge is 0.345 e. The summed E-state index contributed by atoms with van der Waals surface area (Å²) in [5, 5.41) is 8.98. The van der Waals surface area contributed by atoms with Crippen molar-refractivity contribution in [1.29, 1.82) is 0 Å². The monoisotopic (exact) mass is 249 g/mol. The Morgan fingerprint density at radius 3 is 2.28 bits per heavy atom. The fraction of sp³-hybridized carbons (Fsp3) is 0.231. The summed E-state index contributed by atoms with van der Waals surface area (Å²) in [6, 6.07) is 6.50. The second-order valence-electron chi connectivity index (χ2n) is 3.98.